The average molecular weight is 471 g/mol. The first-order valence-electron chi connectivity index (χ1n) is 9.78. The third-order valence-electron chi connectivity index (χ3n) is 5.26. The van der Waals surface area contributed by atoms with E-state index >= 15 is 0 Å². The van der Waals surface area contributed by atoms with Crippen LogP contribution >= 0.6 is 24.0 Å². The fraction of sp³-hybridized carbons (Fsp3) is 0.650. The van der Waals surface area contributed by atoms with Crippen LogP contribution in [-0.4, -0.2) is 75.2 Å². The number of guanidine groups is 1. The minimum absolute atomic E-state index is 0. The van der Waals surface area contributed by atoms with E-state index in [1.807, 2.05) is 0 Å². The second-order valence-corrected chi connectivity index (χ2v) is 7.27. The lowest BCUT2D eigenvalue weighted by Gasteiger charge is -2.38. The molecule has 0 bridgehead atoms. The van der Waals surface area contributed by atoms with E-state index in [4.69, 9.17) is 4.99 Å². The van der Waals surface area contributed by atoms with Crippen LogP contribution in [0.3, 0.4) is 0 Å². The lowest BCUT2D eigenvalue weighted by molar-refractivity contribution is 0.214. The van der Waals surface area contributed by atoms with E-state index < -0.39 is 0 Å². The molecule has 1 N–H and O–H groups in total. The van der Waals surface area contributed by atoms with Crippen molar-refractivity contribution >= 4 is 35.6 Å². The monoisotopic (exact) mass is 471 g/mol. The molecule has 2 saturated heterocycles. The highest BCUT2D eigenvalue weighted by atomic mass is 127. The maximum absolute atomic E-state index is 4.98. The van der Waals surface area contributed by atoms with Gasteiger partial charge < -0.3 is 20.0 Å². The van der Waals surface area contributed by atoms with Crippen LogP contribution in [-0.2, 0) is 0 Å². The van der Waals surface area contributed by atoms with Crippen molar-refractivity contribution in [3.8, 4) is 0 Å². The molecule has 1 atom stereocenters. The summed E-state index contributed by atoms with van der Waals surface area (Å²) < 4.78 is 0. The smallest absolute Gasteiger partial charge is 0.194 e. The summed E-state index contributed by atoms with van der Waals surface area (Å²) in [6, 6.07) is 10.7. The Bertz CT molecular complexity index is 542. The third-order valence-corrected chi connectivity index (χ3v) is 5.26. The highest BCUT2D eigenvalue weighted by Crippen LogP contribution is 2.17. The number of hydrogen-bond acceptors (Lipinski definition) is 3. The van der Waals surface area contributed by atoms with Gasteiger partial charge in [-0.05, 0) is 51.4 Å². The van der Waals surface area contributed by atoms with Gasteiger partial charge in [0.1, 0.15) is 0 Å². The van der Waals surface area contributed by atoms with Crippen LogP contribution in [0, 0.1) is 5.92 Å². The third kappa shape index (κ3) is 6.01. The zero-order chi connectivity index (χ0) is 17.5. The van der Waals surface area contributed by atoms with E-state index in [9.17, 15) is 0 Å². The molecular formula is C20H34IN5. The molecule has 0 radical (unpaired) electrons. The Labute approximate surface area is 175 Å². The van der Waals surface area contributed by atoms with Crippen LogP contribution in [0.4, 0.5) is 5.69 Å². The molecule has 0 spiro atoms. The molecule has 2 aliphatic heterocycles. The summed E-state index contributed by atoms with van der Waals surface area (Å²) >= 11 is 0. The molecule has 146 valence electrons. The number of rotatable bonds is 4. The van der Waals surface area contributed by atoms with Gasteiger partial charge in [0, 0.05) is 51.5 Å². The van der Waals surface area contributed by atoms with Crippen molar-refractivity contribution in [3.05, 3.63) is 30.3 Å². The fourth-order valence-corrected chi connectivity index (χ4v) is 3.88. The molecule has 1 aromatic carbocycles. The summed E-state index contributed by atoms with van der Waals surface area (Å²) in [5.74, 6) is 1.81. The number of piperidine rings is 1. The van der Waals surface area contributed by atoms with Gasteiger partial charge in [0.15, 0.2) is 5.96 Å². The Morgan fingerprint density at radius 3 is 2.50 bits per heavy atom. The number of nitrogens with zero attached hydrogens (tertiary/aromatic N) is 4. The first-order chi connectivity index (χ1) is 12.3. The number of aliphatic imine (C=N–C) groups is 1. The highest BCUT2D eigenvalue weighted by Gasteiger charge is 2.21. The topological polar surface area (TPSA) is 34.1 Å². The van der Waals surface area contributed by atoms with Crippen molar-refractivity contribution in [2.45, 2.75) is 19.8 Å². The number of hydrogen-bond donors (Lipinski definition) is 1. The standard InChI is InChI=1S/C20H33N5.HI/c1-3-21-20(22-16-18-8-7-11-23(2)17-18)25-14-12-24(13-15-25)19-9-5-4-6-10-19;/h4-6,9-10,18H,3,7-8,11-17H2,1-2H3,(H,21,22);1H. The van der Waals surface area contributed by atoms with Gasteiger partial charge in [0.25, 0.3) is 0 Å². The number of anilines is 1. The largest absolute Gasteiger partial charge is 0.368 e. The number of piperazine rings is 1. The van der Waals surface area contributed by atoms with E-state index in [2.05, 4.69) is 64.3 Å². The summed E-state index contributed by atoms with van der Waals surface area (Å²) in [5, 5.41) is 3.50. The molecule has 2 heterocycles. The van der Waals surface area contributed by atoms with Crippen molar-refractivity contribution in [1.29, 1.82) is 0 Å². The number of nitrogens with one attached hydrogen (secondary N) is 1. The predicted octanol–water partition coefficient (Wildman–Crippen LogP) is 2.73. The first-order valence-corrected chi connectivity index (χ1v) is 9.78. The lowest BCUT2D eigenvalue weighted by atomic mass is 9.99. The molecule has 3 rings (SSSR count). The number of likely N-dealkylation sites (tertiary alicyclic amines) is 1. The fourth-order valence-electron chi connectivity index (χ4n) is 3.88. The molecule has 1 aromatic rings. The Morgan fingerprint density at radius 2 is 1.85 bits per heavy atom. The average Bonchev–Trinajstić information content (AvgIpc) is 2.66. The number of para-hydroxylation sites is 1. The Balaban J connectivity index is 0.00000243. The van der Waals surface area contributed by atoms with Crippen molar-refractivity contribution in [2.24, 2.45) is 10.9 Å². The highest BCUT2D eigenvalue weighted by molar-refractivity contribution is 14.0. The van der Waals surface area contributed by atoms with Gasteiger partial charge in [-0.2, -0.15) is 0 Å². The first kappa shape index (κ1) is 21.3. The second-order valence-electron chi connectivity index (χ2n) is 7.27. The van der Waals surface area contributed by atoms with Crippen LogP contribution in [0.2, 0.25) is 0 Å². The maximum Gasteiger partial charge on any atom is 0.194 e. The van der Waals surface area contributed by atoms with E-state index in [1.165, 1.54) is 31.6 Å². The summed E-state index contributed by atoms with van der Waals surface area (Å²) in [4.78, 5) is 12.3. The van der Waals surface area contributed by atoms with Crippen molar-refractivity contribution < 1.29 is 0 Å². The normalized spacial score (nSPS) is 22.1. The Hall–Kier alpha value is -1.02. The molecule has 0 aromatic heterocycles. The van der Waals surface area contributed by atoms with E-state index in [-0.39, 0.29) is 24.0 Å². The van der Waals surface area contributed by atoms with Gasteiger partial charge in [-0.25, -0.2) is 0 Å². The van der Waals surface area contributed by atoms with Crippen LogP contribution in [0.25, 0.3) is 0 Å². The van der Waals surface area contributed by atoms with Gasteiger partial charge in [-0.1, -0.05) is 18.2 Å². The molecule has 0 amide bonds. The molecular weight excluding hydrogens is 437 g/mol. The van der Waals surface area contributed by atoms with Crippen molar-refractivity contribution in [2.75, 3.05) is 64.3 Å². The van der Waals surface area contributed by atoms with Crippen molar-refractivity contribution in [3.63, 3.8) is 0 Å². The van der Waals surface area contributed by atoms with E-state index in [0.29, 0.717) is 5.92 Å². The van der Waals surface area contributed by atoms with Crippen LogP contribution < -0.4 is 10.2 Å². The maximum atomic E-state index is 4.98. The molecule has 6 heteroatoms. The predicted molar refractivity (Wildman–Crippen MR) is 122 cm³/mol. The zero-order valence-electron chi connectivity index (χ0n) is 16.2. The SMILES string of the molecule is CCNC(=NCC1CCCN(C)C1)N1CCN(c2ccccc2)CC1.I. The van der Waals surface area contributed by atoms with E-state index in [1.54, 1.807) is 0 Å². The van der Waals surface area contributed by atoms with Crippen LogP contribution in [0.1, 0.15) is 19.8 Å². The molecule has 0 saturated carbocycles. The van der Waals surface area contributed by atoms with Gasteiger partial charge in [0.05, 0.1) is 0 Å². The quantitative estimate of drug-likeness (QED) is 0.416. The van der Waals surface area contributed by atoms with Crippen LogP contribution in [0.5, 0.6) is 0 Å². The van der Waals surface area contributed by atoms with E-state index in [0.717, 1.165) is 45.2 Å². The molecule has 5 nitrogen and oxygen atoms in total. The Morgan fingerprint density at radius 1 is 1.12 bits per heavy atom. The van der Waals surface area contributed by atoms with Gasteiger partial charge in [-0.15, -0.1) is 24.0 Å². The molecule has 2 fully saturated rings. The lowest BCUT2D eigenvalue weighted by Crippen LogP contribution is -2.52. The number of halogens is 1. The van der Waals surface area contributed by atoms with Crippen molar-refractivity contribution in [1.82, 2.24) is 15.1 Å². The van der Waals surface area contributed by atoms with Gasteiger partial charge in [-0.3, -0.25) is 4.99 Å². The molecule has 2 aliphatic rings. The number of benzene rings is 1. The zero-order valence-corrected chi connectivity index (χ0v) is 18.6. The van der Waals surface area contributed by atoms with Crippen LogP contribution in [0.15, 0.2) is 35.3 Å². The molecule has 0 aliphatic carbocycles. The summed E-state index contributed by atoms with van der Waals surface area (Å²) in [5.41, 5.74) is 1.33. The summed E-state index contributed by atoms with van der Waals surface area (Å²) in [7, 11) is 2.23. The van der Waals surface area contributed by atoms with Gasteiger partial charge in [0.2, 0.25) is 0 Å². The van der Waals surface area contributed by atoms with Gasteiger partial charge >= 0.3 is 0 Å². The second kappa shape index (κ2) is 11.0. The minimum atomic E-state index is 0. The summed E-state index contributed by atoms with van der Waals surface area (Å²) in [6.45, 7) is 10.6. The molecule has 1 unspecified atom stereocenters. The minimum Gasteiger partial charge on any atom is -0.368 e. The summed E-state index contributed by atoms with van der Waals surface area (Å²) in [6.07, 6.45) is 2.62. The molecule has 26 heavy (non-hydrogen) atoms. The Kier molecular flexibility index (Phi) is 8.98.